The fourth-order valence-electron chi connectivity index (χ4n) is 3.89. The van der Waals surface area contributed by atoms with Crippen molar-refractivity contribution in [3.05, 3.63) is 65.2 Å². The van der Waals surface area contributed by atoms with E-state index >= 15 is 0 Å². The van der Waals surface area contributed by atoms with E-state index in [1.54, 1.807) is 0 Å². The van der Waals surface area contributed by atoms with Crippen LogP contribution in [0.2, 0.25) is 0 Å². The van der Waals surface area contributed by atoms with E-state index in [4.69, 9.17) is 4.74 Å². The highest BCUT2D eigenvalue weighted by molar-refractivity contribution is 5.86. The van der Waals surface area contributed by atoms with Gasteiger partial charge in [0, 0.05) is 5.56 Å². The lowest BCUT2D eigenvalue weighted by Gasteiger charge is -2.26. The van der Waals surface area contributed by atoms with E-state index in [0.717, 1.165) is 22.4 Å². The summed E-state index contributed by atoms with van der Waals surface area (Å²) in [6, 6.07) is 14.8. The predicted molar refractivity (Wildman–Crippen MR) is 91.6 cm³/mol. The van der Waals surface area contributed by atoms with Crippen LogP contribution >= 0.6 is 0 Å². The maximum absolute atomic E-state index is 12.9. The smallest absolute Gasteiger partial charge is 0.311 e. The lowest BCUT2D eigenvalue weighted by molar-refractivity contribution is -0.139. The molecule has 4 rings (SSSR count). The number of aliphatic carboxylic acids is 1. The van der Waals surface area contributed by atoms with Gasteiger partial charge in [-0.3, -0.25) is 9.59 Å². The number of hydrogen-bond donors (Lipinski definition) is 2. The Bertz CT molecular complexity index is 832. The van der Waals surface area contributed by atoms with Gasteiger partial charge < -0.3 is 15.2 Å². The molecule has 0 saturated carbocycles. The molecule has 2 aromatic carbocycles. The Hall–Kier alpha value is -2.82. The average Bonchev–Trinajstić information content (AvgIpc) is 3.00. The van der Waals surface area contributed by atoms with Crippen molar-refractivity contribution in [2.75, 3.05) is 6.61 Å². The third kappa shape index (κ3) is 2.76. The number of para-hydroxylation sites is 1. The van der Waals surface area contributed by atoms with Crippen molar-refractivity contribution in [1.29, 1.82) is 0 Å². The van der Waals surface area contributed by atoms with Crippen LogP contribution in [-0.2, 0) is 9.59 Å². The summed E-state index contributed by atoms with van der Waals surface area (Å²) in [6.07, 6.45) is 1.02. The molecule has 0 radical (unpaired) electrons. The maximum atomic E-state index is 12.9. The zero-order chi connectivity index (χ0) is 17.4. The first-order chi connectivity index (χ1) is 12.1. The van der Waals surface area contributed by atoms with Gasteiger partial charge >= 0.3 is 5.97 Å². The summed E-state index contributed by atoms with van der Waals surface area (Å²) in [5.41, 5.74) is 2.60. The zero-order valence-corrected chi connectivity index (χ0v) is 13.6. The van der Waals surface area contributed by atoms with E-state index in [-0.39, 0.29) is 17.9 Å². The Labute approximate surface area is 145 Å². The van der Waals surface area contributed by atoms with Gasteiger partial charge in [0.2, 0.25) is 5.91 Å². The molecular weight excluding hydrogens is 318 g/mol. The molecule has 2 N–H and O–H groups in total. The van der Waals surface area contributed by atoms with Crippen LogP contribution in [0.25, 0.3) is 0 Å². The standard InChI is InChI=1S/C20H19NO4/c22-19(15-9-10-25-18-8-4-3-7-14(15)18)21-17-11-16(20(23)24)12-5-1-2-6-13(12)17/h1-8,15-17H,9-11H2,(H,21,22)(H,23,24). The monoisotopic (exact) mass is 337 g/mol. The van der Waals surface area contributed by atoms with Crippen LogP contribution in [0.4, 0.5) is 0 Å². The third-order valence-corrected chi connectivity index (χ3v) is 5.11. The number of carbonyl (C=O) groups excluding carboxylic acids is 1. The minimum absolute atomic E-state index is 0.0680. The van der Waals surface area contributed by atoms with E-state index in [0.29, 0.717) is 19.4 Å². The van der Waals surface area contributed by atoms with Gasteiger partial charge in [-0.25, -0.2) is 0 Å². The van der Waals surface area contributed by atoms with Crippen molar-refractivity contribution in [1.82, 2.24) is 5.32 Å². The van der Waals surface area contributed by atoms with Crippen LogP contribution in [0, 0.1) is 0 Å². The number of benzene rings is 2. The van der Waals surface area contributed by atoms with E-state index in [1.165, 1.54) is 0 Å². The van der Waals surface area contributed by atoms with Gasteiger partial charge in [-0.15, -0.1) is 0 Å². The van der Waals surface area contributed by atoms with Crippen LogP contribution in [0.3, 0.4) is 0 Å². The number of rotatable bonds is 3. The van der Waals surface area contributed by atoms with E-state index in [9.17, 15) is 14.7 Å². The van der Waals surface area contributed by atoms with Gasteiger partial charge in [-0.1, -0.05) is 42.5 Å². The molecule has 2 aliphatic rings. The number of nitrogens with one attached hydrogen (secondary N) is 1. The number of fused-ring (bicyclic) bond motifs is 2. The summed E-state index contributed by atoms with van der Waals surface area (Å²) in [7, 11) is 0. The summed E-state index contributed by atoms with van der Waals surface area (Å²) in [4.78, 5) is 24.4. The SMILES string of the molecule is O=C(NC1CC(C(=O)O)c2ccccc21)C1CCOc2ccccc21. The molecule has 1 amide bonds. The fraction of sp³-hybridized carbons (Fsp3) is 0.300. The molecule has 3 unspecified atom stereocenters. The molecule has 1 aliphatic carbocycles. The molecular formula is C20H19NO4. The summed E-state index contributed by atoms with van der Waals surface area (Å²) < 4.78 is 5.62. The quantitative estimate of drug-likeness (QED) is 0.903. The van der Waals surface area contributed by atoms with Crippen LogP contribution in [-0.4, -0.2) is 23.6 Å². The largest absolute Gasteiger partial charge is 0.493 e. The first-order valence-corrected chi connectivity index (χ1v) is 8.49. The lowest BCUT2D eigenvalue weighted by Crippen LogP contribution is -2.34. The van der Waals surface area contributed by atoms with Gasteiger partial charge in [0.1, 0.15) is 5.75 Å². The Morgan fingerprint density at radius 2 is 1.64 bits per heavy atom. The van der Waals surface area contributed by atoms with Crippen LogP contribution in [0.5, 0.6) is 5.75 Å². The molecule has 1 heterocycles. The van der Waals surface area contributed by atoms with Crippen molar-refractivity contribution in [3.63, 3.8) is 0 Å². The van der Waals surface area contributed by atoms with Gasteiger partial charge in [0.15, 0.2) is 0 Å². The number of carboxylic acids is 1. The third-order valence-electron chi connectivity index (χ3n) is 5.11. The molecule has 0 fully saturated rings. The zero-order valence-electron chi connectivity index (χ0n) is 13.6. The van der Waals surface area contributed by atoms with Crippen molar-refractivity contribution >= 4 is 11.9 Å². The summed E-state index contributed by atoms with van der Waals surface area (Å²) in [5.74, 6) is -0.990. The first kappa shape index (κ1) is 15.7. The normalized spacial score (nSPS) is 23.9. The molecule has 0 bridgehead atoms. The molecule has 5 nitrogen and oxygen atoms in total. The van der Waals surface area contributed by atoms with Crippen LogP contribution in [0.1, 0.15) is 47.4 Å². The number of ether oxygens (including phenoxy) is 1. The van der Waals surface area contributed by atoms with E-state index < -0.39 is 11.9 Å². The van der Waals surface area contributed by atoms with Gasteiger partial charge in [-0.2, -0.15) is 0 Å². The molecule has 25 heavy (non-hydrogen) atoms. The fourth-order valence-corrected chi connectivity index (χ4v) is 3.89. The number of hydrogen-bond acceptors (Lipinski definition) is 3. The Morgan fingerprint density at radius 3 is 2.40 bits per heavy atom. The van der Waals surface area contributed by atoms with Gasteiger partial charge in [0.25, 0.3) is 0 Å². The highest BCUT2D eigenvalue weighted by atomic mass is 16.5. The second-order valence-corrected chi connectivity index (χ2v) is 6.54. The molecule has 0 saturated heterocycles. The average molecular weight is 337 g/mol. The molecule has 3 atom stereocenters. The Balaban J connectivity index is 1.58. The van der Waals surface area contributed by atoms with Gasteiger partial charge in [0.05, 0.1) is 24.5 Å². The van der Waals surface area contributed by atoms with Crippen molar-refractivity contribution < 1.29 is 19.4 Å². The first-order valence-electron chi connectivity index (χ1n) is 8.49. The van der Waals surface area contributed by atoms with Gasteiger partial charge in [-0.05, 0) is 30.0 Å². The molecule has 2 aromatic rings. The minimum Gasteiger partial charge on any atom is -0.493 e. The molecule has 5 heteroatoms. The topological polar surface area (TPSA) is 75.6 Å². The van der Waals surface area contributed by atoms with Crippen molar-refractivity contribution in [2.24, 2.45) is 0 Å². The molecule has 1 aliphatic heterocycles. The predicted octanol–water partition coefficient (Wildman–Crippen LogP) is 2.98. The number of carbonyl (C=O) groups is 2. The van der Waals surface area contributed by atoms with Crippen molar-refractivity contribution in [3.8, 4) is 5.75 Å². The minimum atomic E-state index is -0.847. The molecule has 128 valence electrons. The summed E-state index contributed by atoms with van der Waals surface area (Å²) in [6.45, 7) is 0.508. The number of amides is 1. The summed E-state index contributed by atoms with van der Waals surface area (Å²) >= 11 is 0. The second-order valence-electron chi connectivity index (χ2n) is 6.54. The van der Waals surface area contributed by atoms with Crippen LogP contribution < -0.4 is 10.1 Å². The van der Waals surface area contributed by atoms with Crippen LogP contribution in [0.15, 0.2) is 48.5 Å². The number of carboxylic acid groups (broad SMARTS) is 1. The Kier molecular flexibility index (Phi) is 3.92. The highest BCUT2D eigenvalue weighted by Crippen LogP contribution is 2.41. The second kappa shape index (κ2) is 6.24. The van der Waals surface area contributed by atoms with Crippen molar-refractivity contribution in [2.45, 2.75) is 30.7 Å². The molecule has 0 aromatic heterocycles. The molecule has 0 spiro atoms. The highest BCUT2D eigenvalue weighted by Gasteiger charge is 2.37. The lowest BCUT2D eigenvalue weighted by atomic mass is 9.92. The summed E-state index contributed by atoms with van der Waals surface area (Å²) in [5, 5.41) is 12.5. The van der Waals surface area contributed by atoms with E-state index in [1.807, 2.05) is 48.5 Å². The maximum Gasteiger partial charge on any atom is 0.311 e. The Morgan fingerprint density at radius 1 is 0.960 bits per heavy atom. The van der Waals surface area contributed by atoms with E-state index in [2.05, 4.69) is 5.32 Å².